The maximum absolute atomic E-state index is 13.4. The lowest BCUT2D eigenvalue weighted by Gasteiger charge is -2.44. The van der Waals surface area contributed by atoms with E-state index in [9.17, 15) is 13.2 Å². The third-order valence-corrected chi connectivity index (χ3v) is 11.5. The molecule has 1 N–H and O–H groups in total. The lowest BCUT2D eigenvalue weighted by Crippen LogP contribution is -2.53. The molecule has 0 aromatic heterocycles. The first kappa shape index (κ1) is 27.3. The molecule has 2 bridgehead atoms. The van der Waals surface area contributed by atoms with E-state index in [1.807, 2.05) is 18.2 Å². The first-order valence-corrected chi connectivity index (χ1v) is 16.5. The van der Waals surface area contributed by atoms with Gasteiger partial charge in [0.1, 0.15) is 5.75 Å². The molecule has 2 aliphatic carbocycles. The van der Waals surface area contributed by atoms with E-state index < -0.39 is 16.1 Å². The predicted octanol–water partition coefficient (Wildman–Crippen LogP) is 4.47. The van der Waals surface area contributed by atoms with Crippen LogP contribution in [0.2, 0.25) is 5.02 Å². The molecule has 2 aromatic rings. The standard InChI is InChI=1S/C31H36ClN3O5S/c32-25-9-10-27-22(15-25)4-2-12-31(27)19-34-17-24-7-6-21(24)3-1-5-26-18-39-14-13-35(26)41(37,38)33-30(36)23-8-11-29(40-20-31)28(34)16-23/h1,3,8-11,15-16,21,24,26H,2,4-7,12-14,17-20H2,(H,33,36)/b3-1-/t21-,24+,26-,31+/m1/s1. The van der Waals surface area contributed by atoms with E-state index >= 15 is 0 Å². The number of fused-ring (bicyclic) bond motifs is 5. The van der Waals surface area contributed by atoms with Crippen LogP contribution in [0.5, 0.6) is 5.75 Å². The summed E-state index contributed by atoms with van der Waals surface area (Å²) in [6.45, 7) is 2.98. The first-order valence-electron chi connectivity index (χ1n) is 14.7. The molecule has 5 aliphatic rings. The molecule has 8 nitrogen and oxygen atoms in total. The monoisotopic (exact) mass is 597 g/mol. The molecule has 0 unspecified atom stereocenters. The van der Waals surface area contributed by atoms with E-state index in [1.165, 1.54) is 15.4 Å². The highest BCUT2D eigenvalue weighted by atomic mass is 35.5. The molecule has 10 heteroatoms. The summed E-state index contributed by atoms with van der Waals surface area (Å²) in [5.41, 5.74) is 3.53. The van der Waals surface area contributed by atoms with Gasteiger partial charge in [-0.15, -0.1) is 0 Å². The molecule has 1 amide bonds. The van der Waals surface area contributed by atoms with Crippen LogP contribution in [0.3, 0.4) is 0 Å². The minimum atomic E-state index is -4.05. The Morgan fingerprint density at radius 1 is 1.12 bits per heavy atom. The first-order chi connectivity index (χ1) is 19.8. The zero-order valence-electron chi connectivity index (χ0n) is 23.1. The van der Waals surface area contributed by atoms with Gasteiger partial charge in [-0.3, -0.25) is 4.79 Å². The Morgan fingerprint density at radius 3 is 2.88 bits per heavy atom. The number of halogens is 1. The molecule has 1 saturated heterocycles. The summed E-state index contributed by atoms with van der Waals surface area (Å²) in [6, 6.07) is 11.2. The fourth-order valence-electron chi connectivity index (χ4n) is 7.40. The maximum atomic E-state index is 13.4. The molecule has 218 valence electrons. The van der Waals surface area contributed by atoms with Crippen molar-refractivity contribution in [2.75, 3.05) is 44.4 Å². The summed E-state index contributed by atoms with van der Waals surface area (Å²) >= 11 is 6.39. The number of allylic oxidation sites excluding steroid dienone is 1. The van der Waals surface area contributed by atoms with E-state index in [2.05, 4.69) is 33.9 Å². The van der Waals surface area contributed by atoms with E-state index in [0.717, 1.165) is 61.7 Å². The number of morpholine rings is 1. The van der Waals surface area contributed by atoms with Crippen LogP contribution in [0.25, 0.3) is 0 Å². The Morgan fingerprint density at radius 2 is 2.02 bits per heavy atom. The zero-order valence-corrected chi connectivity index (χ0v) is 24.6. The van der Waals surface area contributed by atoms with Gasteiger partial charge in [-0.05, 0) is 91.8 Å². The molecule has 7 rings (SSSR count). The number of hydrogen-bond donors (Lipinski definition) is 1. The van der Waals surface area contributed by atoms with Crippen molar-refractivity contribution >= 4 is 33.4 Å². The highest BCUT2D eigenvalue weighted by molar-refractivity contribution is 7.87. The molecule has 0 radical (unpaired) electrons. The minimum Gasteiger partial charge on any atom is -0.490 e. The lowest BCUT2D eigenvalue weighted by atomic mass is 9.69. The smallest absolute Gasteiger partial charge is 0.304 e. The fourth-order valence-corrected chi connectivity index (χ4v) is 8.92. The maximum Gasteiger partial charge on any atom is 0.304 e. The van der Waals surface area contributed by atoms with Crippen LogP contribution < -0.4 is 14.4 Å². The molecule has 4 atom stereocenters. The van der Waals surface area contributed by atoms with E-state index in [0.29, 0.717) is 43.6 Å². The summed E-state index contributed by atoms with van der Waals surface area (Å²) in [6.07, 6.45) is 10.2. The molecule has 1 saturated carbocycles. The van der Waals surface area contributed by atoms with Gasteiger partial charge < -0.3 is 14.4 Å². The summed E-state index contributed by atoms with van der Waals surface area (Å²) < 4.78 is 42.6. The largest absolute Gasteiger partial charge is 0.490 e. The third kappa shape index (κ3) is 5.05. The molecular weight excluding hydrogens is 562 g/mol. The van der Waals surface area contributed by atoms with Gasteiger partial charge in [0.05, 0.1) is 31.5 Å². The fraction of sp³-hybridized carbons (Fsp3) is 0.516. The van der Waals surface area contributed by atoms with Crippen molar-refractivity contribution in [3.63, 3.8) is 0 Å². The average molecular weight is 598 g/mol. The number of benzene rings is 2. The lowest BCUT2D eigenvalue weighted by molar-refractivity contribution is 0.0330. The summed E-state index contributed by atoms with van der Waals surface area (Å²) in [5, 5.41) is 0.755. The molecule has 3 aliphatic heterocycles. The van der Waals surface area contributed by atoms with E-state index in [-0.39, 0.29) is 18.0 Å². The number of anilines is 1. The number of ether oxygens (including phenoxy) is 2. The second-order valence-electron chi connectivity index (χ2n) is 12.2. The topological polar surface area (TPSA) is 88.2 Å². The predicted molar refractivity (Wildman–Crippen MR) is 158 cm³/mol. The van der Waals surface area contributed by atoms with Crippen LogP contribution in [0.15, 0.2) is 48.6 Å². The molecule has 2 fully saturated rings. The normalized spacial score (nSPS) is 32.0. The molecule has 41 heavy (non-hydrogen) atoms. The van der Waals surface area contributed by atoms with Crippen LogP contribution in [-0.4, -0.2) is 64.1 Å². The molecular formula is C31H36ClN3O5S. The second-order valence-corrected chi connectivity index (χ2v) is 14.3. The minimum absolute atomic E-state index is 0.204. The van der Waals surface area contributed by atoms with Gasteiger partial charge in [-0.1, -0.05) is 29.8 Å². The highest BCUT2D eigenvalue weighted by Gasteiger charge is 2.43. The number of nitrogens with zero attached hydrogens (tertiary/aromatic N) is 2. The van der Waals surface area contributed by atoms with Crippen molar-refractivity contribution in [1.29, 1.82) is 0 Å². The second kappa shape index (κ2) is 10.6. The summed E-state index contributed by atoms with van der Waals surface area (Å²) in [5.74, 6) is 0.985. The van der Waals surface area contributed by atoms with Crippen molar-refractivity contribution < 1.29 is 22.7 Å². The Balaban J connectivity index is 1.29. The van der Waals surface area contributed by atoms with Gasteiger partial charge in [0.15, 0.2) is 0 Å². The van der Waals surface area contributed by atoms with Crippen LogP contribution in [0, 0.1) is 11.8 Å². The molecule has 2 aromatic carbocycles. The average Bonchev–Trinajstić information content (AvgIpc) is 3.10. The molecule has 1 spiro atoms. The SMILES string of the molecule is O=C1NS(=O)(=O)N2CCOC[C@H]2C/C=C\[C@@H]2CC[C@H]2CN2C[C@@]3(CCCc4cc(Cl)ccc43)COc3ccc1cc32. The van der Waals surface area contributed by atoms with Crippen LogP contribution in [-0.2, 0) is 26.8 Å². The zero-order chi connectivity index (χ0) is 28.2. The van der Waals surface area contributed by atoms with Crippen LogP contribution >= 0.6 is 11.6 Å². The van der Waals surface area contributed by atoms with Gasteiger partial charge in [0, 0.05) is 35.6 Å². The van der Waals surface area contributed by atoms with Crippen LogP contribution in [0.1, 0.15) is 53.6 Å². The highest BCUT2D eigenvalue weighted by Crippen LogP contribution is 2.46. The van der Waals surface area contributed by atoms with Gasteiger partial charge in [-0.25, -0.2) is 4.72 Å². The number of aryl methyl sites for hydroxylation is 1. The quantitative estimate of drug-likeness (QED) is 0.451. The van der Waals surface area contributed by atoms with E-state index in [4.69, 9.17) is 21.1 Å². The Bertz CT molecular complexity index is 1500. The Labute approximate surface area is 246 Å². The number of carbonyl (C=O) groups excluding carboxylic acids is 1. The van der Waals surface area contributed by atoms with Gasteiger partial charge in [0.25, 0.3) is 5.91 Å². The van der Waals surface area contributed by atoms with Crippen molar-refractivity contribution in [3.8, 4) is 5.75 Å². The Hall–Kier alpha value is -2.59. The Kier molecular flexibility index (Phi) is 7.04. The van der Waals surface area contributed by atoms with Gasteiger partial charge in [0.2, 0.25) is 0 Å². The van der Waals surface area contributed by atoms with E-state index in [1.54, 1.807) is 6.07 Å². The number of carbonyl (C=O) groups is 1. The van der Waals surface area contributed by atoms with Crippen LogP contribution in [0.4, 0.5) is 5.69 Å². The van der Waals surface area contributed by atoms with Crippen molar-refractivity contribution in [2.45, 2.75) is 50.0 Å². The summed E-state index contributed by atoms with van der Waals surface area (Å²) in [7, 11) is -4.05. The van der Waals surface area contributed by atoms with Crippen molar-refractivity contribution in [2.24, 2.45) is 11.8 Å². The van der Waals surface area contributed by atoms with Crippen molar-refractivity contribution in [3.05, 3.63) is 70.3 Å². The summed E-state index contributed by atoms with van der Waals surface area (Å²) in [4.78, 5) is 15.8. The van der Waals surface area contributed by atoms with Crippen molar-refractivity contribution in [1.82, 2.24) is 9.03 Å². The third-order valence-electron chi connectivity index (χ3n) is 9.73. The molecule has 3 heterocycles. The van der Waals surface area contributed by atoms with Gasteiger partial charge in [-0.2, -0.15) is 12.7 Å². The number of rotatable bonds is 0. The number of nitrogens with one attached hydrogen (secondary N) is 1. The van der Waals surface area contributed by atoms with Gasteiger partial charge >= 0.3 is 10.2 Å². The number of hydrogen-bond acceptors (Lipinski definition) is 6. The number of amides is 1.